The van der Waals surface area contributed by atoms with Gasteiger partial charge < -0.3 is 11.1 Å². The zero-order chi connectivity index (χ0) is 16.7. The molecule has 1 atom stereocenters. The van der Waals surface area contributed by atoms with E-state index in [1.54, 1.807) is 0 Å². The van der Waals surface area contributed by atoms with Gasteiger partial charge in [0, 0.05) is 18.3 Å². The minimum absolute atomic E-state index is 0.00597. The highest BCUT2D eigenvalue weighted by Crippen LogP contribution is 2.54. The third-order valence-electron chi connectivity index (χ3n) is 4.98. The second-order valence-electron chi connectivity index (χ2n) is 6.81. The maximum atomic E-state index is 12.3. The summed E-state index contributed by atoms with van der Waals surface area (Å²) >= 11 is 0. The number of alkyl halides is 3. The van der Waals surface area contributed by atoms with E-state index in [0.717, 1.165) is 36.8 Å². The largest absolute Gasteiger partial charge is 0.408 e. The molecular weight excluding hydrogens is 309 g/mol. The van der Waals surface area contributed by atoms with Crippen LogP contribution >= 0.6 is 0 Å². The fourth-order valence-electron chi connectivity index (χ4n) is 3.50. The minimum atomic E-state index is -4.31. The predicted octanol–water partition coefficient (Wildman–Crippen LogP) is 1.76. The molecule has 0 aliphatic heterocycles. The van der Waals surface area contributed by atoms with E-state index >= 15 is 0 Å². The number of carbonyl (C=O) groups is 1. The van der Waals surface area contributed by atoms with Crippen LogP contribution in [0.1, 0.15) is 37.8 Å². The van der Waals surface area contributed by atoms with E-state index in [1.165, 1.54) is 12.3 Å². The van der Waals surface area contributed by atoms with Gasteiger partial charge >= 0.3 is 6.18 Å². The maximum absolute atomic E-state index is 12.3. The molecule has 1 heterocycles. The molecule has 1 unspecified atom stereocenters. The molecule has 1 aromatic heterocycles. The second kappa shape index (κ2) is 5.81. The molecule has 1 aromatic rings. The molecule has 0 saturated heterocycles. The number of hydrogen-bond acceptors (Lipinski definition) is 3. The van der Waals surface area contributed by atoms with Crippen LogP contribution in [0.2, 0.25) is 0 Å². The molecule has 2 fully saturated rings. The zero-order valence-corrected chi connectivity index (χ0v) is 12.8. The molecule has 3 N–H and O–H groups in total. The molecule has 2 aliphatic rings. The molecule has 5 nitrogen and oxygen atoms in total. The van der Waals surface area contributed by atoms with Gasteiger partial charge in [0.15, 0.2) is 0 Å². The van der Waals surface area contributed by atoms with Gasteiger partial charge in [0.05, 0.1) is 12.1 Å². The summed E-state index contributed by atoms with van der Waals surface area (Å²) in [6, 6.07) is 1.90. The number of aromatic nitrogens is 2. The van der Waals surface area contributed by atoms with Gasteiger partial charge in [-0.15, -0.1) is 0 Å². The van der Waals surface area contributed by atoms with Crippen molar-refractivity contribution in [2.45, 2.75) is 63.3 Å². The highest BCUT2D eigenvalue weighted by atomic mass is 19.4. The van der Waals surface area contributed by atoms with Gasteiger partial charge in [0.2, 0.25) is 5.91 Å². The van der Waals surface area contributed by atoms with E-state index in [2.05, 4.69) is 10.4 Å². The second-order valence-corrected chi connectivity index (χ2v) is 6.81. The van der Waals surface area contributed by atoms with Crippen molar-refractivity contribution in [3.8, 4) is 0 Å². The Kier molecular flexibility index (Phi) is 4.12. The summed E-state index contributed by atoms with van der Waals surface area (Å²) in [5.41, 5.74) is 6.62. The van der Waals surface area contributed by atoms with Crippen LogP contribution in [0.25, 0.3) is 0 Å². The van der Waals surface area contributed by atoms with Crippen LogP contribution in [0.5, 0.6) is 0 Å². The Balaban J connectivity index is 1.45. The number of amides is 1. The molecule has 3 rings (SSSR count). The standard InChI is InChI=1S/C15H21F3N4O/c16-15(17,18)9-22-6-3-11(21-22)7-13(23)20-10-1-4-14(5-2-10)8-12(14)19/h3,6,10,12H,1-2,4-5,7-9,19H2,(H,20,23). The Morgan fingerprint density at radius 3 is 2.65 bits per heavy atom. The summed E-state index contributed by atoms with van der Waals surface area (Å²) in [7, 11) is 0. The smallest absolute Gasteiger partial charge is 0.353 e. The van der Waals surface area contributed by atoms with Crippen molar-refractivity contribution in [2.24, 2.45) is 11.1 Å². The summed E-state index contributed by atoms with van der Waals surface area (Å²) < 4.78 is 37.6. The van der Waals surface area contributed by atoms with Crippen LogP contribution in [-0.4, -0.2) is 33.9 Å². The molecular formula is C15H21F3N4O. The van der Waals surface area contributed by atoms with Crippen molar-refractivity contribution >= 4 is 5.91 Å². The normalized spacial score (nSPS) is 30.4. The van der Waals surface area contributed by atoms with E-state index < -0.39 is 12.7 Å². The van der Waals surface area contributed by atoms with Gasteiger partial charge in [-0.05, 0) is 43.6 Å². The topological polar surface area (TPSA) is 72.9 Å². The van der Waals surface area contributed by atoms with Gasteiger partial charge in [0.25, 0.3) is 0 Å². The van der Waals surface area contributed by atoms with E-state index in [-0.39, 0.29) is 18.4 Å². The van der Waals surface area contributed by atoms with E-state index in [4.69, 9.17) is 5.73 Å². The third kappa shape index (κ3) is 4.04. The molecule has 1 amide bonds. The van der Waals surface area contributed by atoms with E-state index in [1.807, 2.05) is 0 Å². The number of nitrogens with one attached hydrogen (secondary N) is 1. The maximum Gasteiger partial charge on any atom is 0.408 e. The minimum Gasteiger partial charge on any atom is -0.353 e. The first-order chi connectivity index (χ1) is 10.8. The fourth-order valence-corrected chi connectivity index (χ4v) is 3.50. The molecule has 8 heteroatoms. The van der Waals surface area contributed by atoms with Crippen molar-refractivity contribution in [2.75, 3.05) is 0 Å². The van der Waals surface area contributed by atoms with Crippen molar-refractivity contribution in [1.82, 2.24) is 15.1 Å². The summed E-state index contributed by atoms with van der Waals surface area (Å²) in [5.74, 6) is -0.191. The first kappa shape index (κ1) is 16.3. The van der Waals surface area contributed by atoms with Crippen LogP contribution in [-0.2, 0) is 17.8 Å². The van der Waals surface area contributed by atoms with Crippen LogP contribution in [0.4, 0.5) is 13.2 Å². The first-order valence-corrected chi connectivity index (χ1v) is 7.90. The zero-order valence-electron chi connectivity index (χ0n) is 12.8. The lowest BCUT2D eigenvalue weighted by atomic mass is 9.83. The molecule has 0 aromatic carbocycles. The Morgan fingerprint density at radius 1 is 1.43 bits per heavy atom. The van der Waals surface area contributed by atoms with Crippen LogP contribution in [0, 0.1) is 5.41 Å². The highest BCUT2D eigenvalue weighted by molar-refractivity contribution is 5.78. The van der Waals surface area contributed by atoms with Crippen molar-refractivity contribution < 1.29 is 18.0 Å². The lowest BCUT2D eigenvalue weighted by molar-refractivity contribution is -0.142. The van der Waals surface area contributed by atoms with Gasteiger partial charge in [-0.2, -0.15) is 18.3 Å². The number of nitrogens with two attached hydrogens (primary N) is 1. The average Bonchev–Trinajstić information content (AvgIpc) is 2.85. The van der Waals surface area contributed by atoms with Gasteiger partial charge in [-0.1, -0.05) is 0 Å². The molecule has 0 bridgehead atoms. The van der Waals surface area contributed by atoms with E-state index in [0.29, 0.717) is 17.2 Å². The molecule has 23 heavy (non-hydrogen) atoms. The Bertz CT molecular complexity index is 576. The van der Waals surface area contributed by atoms with Gasteiger partial charge in [-0.25, -0.2) is 0 Å². The quantitative estimate of drug-likeness (QED) is 0.884. The number of nitrogens with zero attached hydrogens (tertiary/aromatic N) is 2. The lowest BCUT2D eigenvalue weighted by Crippen LogP contribution is -2.39. The van der Waals surface area contributed by atoms with Crippen molar-refractivity contribution in [1.29, 1.82) is 0 Å². The SMILES string of the molecule is NC1CC12CCC(NC(=O)Cc1ccn(CC(F)(F)F)n1)CC2. The lowest BCUT2D eigenvalue weighted by Gasteiger charge is -2.29. The summed E-state index contributed by atoms with van der Waals surface area (Å²) in [5, 5.41) is 6.75. The summed E-state index contributed by atoms with van der Waals surface area (Å²) in [6.07, 6.45) is 1.95. The predicted molar refractivity (Wildman–Crippen MR) is 77.4 cm³/mol. The number of hydrogen-bond donors (Lipinski definition) is 2. The van der Waals surface area contributed by atoms with Gasteiger partial charge in [-0.3, -0.25) is 9.48 Å². The monoisotopic (exact) mass is 330 g/mol. The first-order valence-electron chi connectivity index (χ1n) is 7.90. The molecule has 128 valence electrons. The fraction of sp³-hybridized carbons (Fsp3) is 0.733. The van der Waals surface area contributed by atoms with Crippen LogP contribution in [0.15, 0.2) is 12.3 Å². The Morgan fingerprint density at radius 2 is 2.09 bits per heavy atom. The number of halogens is 3. The van der Waals surface area contributed by atoms with Crippen LogP contribution < -0.4 is 11.1 Å². The molecule has 1 spiro atoms. The molecule has 2 aliphatic carbocycles. The van der Waals surface area contributed by atoms with Gasteiger partial charge in [0.1, 0.15) is 6.54 Å². The van der Waals surface area contributed by atoms with E-state index in [9.17, 15) is 18.0 Å². The average molecular weight is 330 g/mol. The highest BCUT2D eigenvalue weighted by Gasteiger charge is 2.52. The molecule has 0 radical (unpaired) electrons. The summed E-state index contributed by atoms with van der Waals surface area (Å²) in [6.45, 7) is -1.14. The van der Waals surface area contributed by atoms with Crippen LogP contribution in [0.3, 0.4) is 0 Å². The Labute approximate surface area is 132 Å². The molecule has 2 saturated carbocycles. The number of rotatable bonds is 4. The van der Waals surface area contributed by atoms with Crippen molar-refractivity contribution in [3.05, 3.63) is 18.0 Å². The number of carbonyl (C=O) groups excluding carboxylic acids is 1. The summed E-state index contributed by atoms with van der Waals surface area (Å²) in [4.78, 5) is 12.0. The Hall–Kier alpha value is -1.57. The third-order valence-corrected chi connectivity index (χ3v) is 4.98. The van der Waals surface area contributed by atoms with Crippen molar-refractivity contribution in [3.63, 3.8) is 0 Å².